The lowest BCUT2D eigenvalue weighted by atomic mass is 9.80. The number of hydrogen-bond acceptors (Lipinski definition) is 7. The van der Waals surface area contributed by atoms with Crippen molar-refractivity contribution < 1.29 is 23.3 Å². The third kappa shape index (κ3) is 6.05. The first-order valence-corrected chi connectivity index (χ1v) is 16.5. The van der Waals surface area contributed by atoms with Crippen LogP contribution in [0.5, 0.6) is 0 Å². The fourth-order valence-electron chi connectivity index (χ4n) is 5.34. The third-order valence-corrected chi connectivity index (χ3v) is 8.26. The summed E-state index contributed by atoms with van der Waals surface area (Å²) in [4.78, 5) is 25.1. The molecule has 0 unspecified atom stereocenters. The molecule has 1 aromatic heterocycles. The van der Waals surface area contributed by atoms with Crippen LogP contribution in [0.15, 0.2) is 113 Å². The third-order valence-electron chi connectivity index (χ3n) is 7.30. The highest BCUT2D eigenvalue weighted by atomic mass is 35.9. The predicted octanol–water partition coefficient (Wildman–Crippen LogP) is 5.44. The maximum atomic E-state index is 13.0. The summed E-state index contributed by atoms with van der Waals surface area (Å²) in [5.41, 5.74) is 0.339. The molecule has 4 aromatic rings. The smallest absolute Gasteiger partial charge is 0.374 e. The zero-order chi connectivity index (χ0) is 29.9. The largest absolute Gasteiger partial charge is 0.380 e. The van der Waals surface area contributed by atoms with E-state index in [4.69, 9.17) is 41.2 Å². The molecular formula is C30H29Cl2N2O7P. The Morgan fingerprint density at radius 2 is 1.33 bits per heavy atom. The average Bonchev–Trinajstić information content (AvgIpc) is 3.33. The minimum Gasteiger partial charge on any atom is -0.374 e. The lowest BCUT2D eigenvalue weighted by molar-refractivity contribution is -0.0953. The van der Waals surface area contributed by atoms with Crippen molar-refractivity contribution in [2.75, 3.05) is 13.7 Å². The van der Waals surface area contributed by atoms with E-state index in [0.717, 1.165) is 21.3 Å². The minimum atomic E-state index is -4.10. The maximum absolute atomic E-state index is 13.0. The molecule has 0 radical (unpaired) electrons. The molecule has 9 nitrogen and oxygen atoms in total. The molecule has 220 valence electrons. The number of nitrogens with zero attached hydrogens (tertiary/aromatic N) is 2. The first-order valence-electron chi connectivity index (χ1n) is 13.1. The van der Waals surface area contributed by atoms with E-state index in [0.29, 0.717) is 0 Å². The van der Waals surface area contributed by atoms with Crippen molar-refractivity contribution in [3.8, 4) is 0 Å². The van der Waals surface area contributed by atoms with E-state index in [2.05, 4.69) is 0 Å². The van der Waals surface area contributed by atoms with Crippen LogP contribution in [0.2, 0.25) is 0 Å². The molecule has 0 amide bonds. The second-order valence-corrected chi connectivity index (χ2v) is 14.0. The van der Waals surface area contributed by atoms with Crippen LogP contribution in [0, 0.1) is 0 Å². The lowest BCUT2D eigenvalue weighted by Crippen LogP contribution is -2.43. The second kappa shape index (κ2) is 12.7. The van der Waals surface area contributed by atoms with Gasteiger partial charge in [-0.1, -0.05) is 91.0 Å². The molecular weight excluding hydrogens is 602 g/mol. The summed E-state index contributed by atoms with van der Waals surface area (Å²) < 4.78 is 39.2. The number of hydrogen-bond donors (Lipinski definition) is 0. The Labute approximate surface area is 252 Å². The Bertz CT molecular complexity index is 1570. The van der Waals surface area contributed by atoms with Crippen LogP contribution in [0.25, 0.3) is 0 Å². The van der Waals surface area contributed by atoms with Gasteiger partial charge in [-0.15, -0.1) is 0 Å². The van der Waals surface area contributed by atoms with E-state index in [1.165, 1.54) is 31.0 Å². The molecule has 0 bridgehead atoms. The van der Waals surface area contributed by atoms with Gasteiger partial charge in [-0.05, 0) is 39.2 Å². The SMILES string of the molecule is CO[C@@H]1[C@H](OP(=O)(Cl)Cl)[C@@H](COC(c2ccccc2)(c2ccccc2)c2ccccc2)O[C@H]1n1ccc(=O)n(C)c1=O. The van der Waals surface area contributed by atoms with E-state index in [1.54, 1.807) is 0 Å². The van der Waals surface area contributed by atoms with Crippen LogP contribution in [-0.4, -0.2) is 41.2 Å². The van der Waals surface area contributed by atoms with E-state index < -0.39 is 47.5 Å². The molecule has 4 atom stereocenters. The molecule has 2 heterocycles. The molecule has 1 fully saturated rings. The monoisotopic (exact) mass is 630 g/mol. The van der Waals surface area contributed by atoms with Crippen LogP contribution in [-0.2, 0) is 35.9 Å². The van der Waals surface area contributed by atoms with Crippen molar-refractivity contribution in [3.05, 3.63) is 141 Å². The Hall–Kier alpha value is -3.01. The van der Waals surface area contributed by atoms with Crippen molar-refractivity contribution in [1.29, 1.82) is 0 Å². The van der Waals surface area contributed by atoms with Gasteiger partial charge in [0.2, 0.25) is 0 Å². The highest BCUT2D eigenvalue weighted by Gasteiger charge is 2.51. The van der Waals surface area contributed by atoms with Gasteiger partial charge >= 0.3 is 11.8 Å². The topological polar surface area (TPSA) is 98.0 Å². The number of halogens is 2. The lowest BCUT2D eigenvalue weighted by Gasteiger charge is -2.37. The molecule has 5 rings (SSSR count). The average molecular weight is 631 g/mol. The van der Waals surface area contributed by atoms with Gasteiger partial charge in [-0.25, -0.2) is 4.79 Å². The van der Waals surface area contributed by atoms with Gasteiger partial charge < -0.3 is 14.2 Å². The first-order chi connectivity index (χ1) is 20.2. The molecule has 3 aromatic carbocycles. The quantitative estimate of drug-likeness (QED) is 0.170. The Morgan fingerprint density at radius 1 is 0.833 bits per heavy atom. The van der Waals surface area contributed by atoms with Gasteiger partial charge in [0, 0.05) is 26.4 Å². The molecule has 42 heavy (non-hydrogen) atoms. The van der Waals surface area contributed by atoms with Gasteiger partial charge in [0.25, 0.3) is 5.56 Å². The Balaban J connectivity index is 1.60. The van der Waals surface area contributed by atoms with Gasteiger partial charge in [-0.3, -0.25) is 23.0 Å². The van der Waals surface area contributed by atoms with Gasteiger partial charge in [0.05, 0.1) is 6.61 Å². The van der Waals surface area contributed by atoms with E-state index in [-0.39, 0.29) is 6.61 Å². The van der Waals surface area contributed by atoms with Gasteiger partial charge in [0.1, 0.15) is 23.9 Å². The number of aromatic nitrogens is 2. The van der Waals surface area contributed by atoms with Crippen molar-refractivity contribution in [3.63, 3.8) is 0 Å². The maximum Gasteiger partial charge on any atom is 0.380 e. The first kappa shape index (κ1) is 30.4. The van der Waals surface area contributed by atoms with E-state index >= 15 is 0 Å². The summed E-state index contributed by atoms with van der Waals surface area (Å²) in [6, 6.07) is 30.4. The zero-order valence-corrected chi connectivity index (χ0v) is 25.2. The van der Waals surface area contributed by atoms with Crippen LogP contribution in [0.3, 0.4) is 0 Å². The zero-order valence-electron chi connectivity index (χ0n) is 22.8. The molecule has 0 saturated carbocycles. The van der Waals surface area contributed by atoms with E-state index in [9.17, 15) is 14.2 Å². The van der Waals surface area contributed by atoms with Gasteiger partial charge in [-0.2, -0.15) is 0 Å². The summed E-state index contributed by atoms with van der Waals surface area (Å²) in [5.74, 6) is 0. The van der Waals surface area contributed by atoms with Crippen molar-refractivity contribution >= 4 is 28.6 Å². The second-order valence-electron chi connectivity index (χ2n) is 9.74. The fourth-order valence-corrected chi connectivity index (χ4v) is 6.43. The van der Waals surface area contributed by atoms with Crippen molar-refractivity contribution in [1.82, 2.24) is 9.13 Å². The Kier molecular flexibility index (Phi) is 9.20. The standard InChI is InChI=1S/C30H29Cl2N2O7P/c1-33-25(35)18-19-34(29(33)36)28-27(38-2)26(41-42(31,32)37)24(40-28)20-39-30(21-12-6-3-7-13-21,22-14-8-4-9-15-22)23-16-10-5-11-17-23/h3-19,24,26-28H,20H2,1-2H3/t24-,26-,27-,28-/m1/s1. The number of rotatable bonds is 10. The summed E-state index contributed by atoms with van der Waals surface area (Å²) >= 11 is 11.8. The van der Waals surface area contributed by atoms with Crippen LogP contribution in [0.1, 0.15) is 22.9 Å². The molecule has 0 aliphatic carbocycles. The summed E-state index contributed by atoms with van der Waals surface area (Å²) in [5, 5.41) is 0. The minimum absolute atomic E-state index is 0.117. The summed E-state index contributed by atoms with van der Waals surface area (Å²) in [6.07, 6.45) is -6.92. The van der Waals surface area contributed by atoms with Crippen LogP contribution < -0.4 is 11.2 Å². The molecule has 1 saturated heterocycles. The molecule has 0 spiro atoms. The number of ether oxygens (including phenoxy) is 3. The highest BCUT2D eigenvalue weighted by Crippen LogP contribution is 2.60. The van der Waals surface area contributed by atoms with Crippen LogP contribution >= 0.6 is 28.6 Å². The molecule has 1 aliphatic rings. The predicted molar refractivity (Wildman–Crippen MR) is 160 cm³/mol. The fraction of sp³-hybridized carbons (Fsp3) is 0.267. The molecule has 0 N–H and O–H groups in total. The van der Waals surface area contributed by atoms with Crippen molar-refractivity contribution in [2.45, 2.75) is 30.1 Å². The molecule has 1 aliphatic heterocycles. The normalized spacial score (nSPS) is 21.0. The van der Waals surface area contributed by atoms with Crippen molar-refractivity contribution in [2.24, 2.45) is 7.05 Å². The summed E-state index contributed by atoms with van der Waals surface area (Å²) in [7, 11) is 2.75. The molecule has 12 heteroatoms. The van der Waals surface area contributed by atoms with E-state index in [1.807, 2.05) is 91.0 Å². The van der Waals surface area contributed by atoms with Gasteiger partial charge in [0.15, 0.2) is 6.23 Å². The number of methoxy groups -OCH3 is 1. The van der Waals surface area contributed by atoms with Crippen LogP contribution in [0.4, 0.5) is 0 Å². The summed E-state index contributed by atoms with van der Waals surface area (Å²) in [6.45, 7) is -0.117. The number of benzene rings is 3. The highest BCUT2D eigenvalue weighted by molar-refractivity contribution is 8.05. The Morgan fingerprint density at radius 3 is 1.79 bits per heavy atom.